The van der Waals surface area contributed by atoms with Crippen LogP contribution < -0.4 is 5.73 Å². The Morgan fingerprint density at radius 2 is 2.29 bits per heavy atom. The van der Waals surface area contributed by atoms with Crippen molar-refractivity contribution in [1.29, 1.82) is 0 Å². The van der Waals surface area contributed by atoms with Crippen LogP contribution in [0.15, 0.2) is 16.8 Å². The van der Waals surface area contributed by atoms with Gasteiger partial charge >= 0.3 is 5.97 Å². The summed E-state index contributed by atoms with van der Waals surface area (Å²) in [6, 6.07) is 1.79. The summed E-state index contributed by atoms with van der Waals surface area (Å²) in [5, 5.41) is 12.5. The number of rotatable bonds is 4. The monoisotopic (exact) mass is 213 g/mol. The normalized spacial score (nSPS) is 14.6. The van der Waals surface area contributed by atoms with Crippen molar-refractivity contribution < 1.29 is 14.7 Å². The zero-order chi connectivity index (χ0) is 10.8. The number of primary amides is 1. The molecule has 0 fully saturated rings. The molecule has 1 aromatic rings. The van der Waals surface area contributed by atoms with Crippen molar-refractivity contribution in [3.63, 3.8) is 0 Å². The second-order valence-electron chi connectivity index (χ2n) is 3.31. The zero-order valence-corrected chi connectivity index (χ0v) is 8.50. The number of thiophene rings is 1. The molecule has 1 amide bonds. The van der Waals surface area contributed by atoms with Crippen LogP contribution in [0.4, 0.5) is 0 Å². The van der Waals surface area contributed by atoms with Gasteiger partial charge in [-0.3, -0.25) is 9.59 Å². The Morgan fingerprint density at radius 3 is 2.64 bits per heavy atom. The van der Waals surface area contributed by atoms with Gasteiger partial charge < -0.3 is 10.8 Å². The Morgan fingerprint density at radius 1 is 1.64 bits per heavy atom. The first-order chi connectivity index (χ1) is 6.47. The van der Waals surface area contributed by atoms with E-state index in [2.05, 4.69) is 0 Å². The summed E-state index contributed by atoms with van der Waals surface area (Å²) in [7, 11) is 0. The molecule has 1 unspecified atom stereocenters. The van der Waals surface area contributed by atoms with E-state index in [9.17, 15) is 9.59 Å². The zero-order valence-electron chi connectivity index (χ0n) is 7.69. The van der Waals surface area contributed by atoms with E-state index in [1.165, 1.54) is 18.3 Å². The number of carboxylic acids is 1. The fourth-order valence-electron chi connectivity index (χ4n) is 1.07. The topological polar surface area (TPSA) is 80.4 Å². The molecule has 1 atom stereocenters. The van der Waals surface area contributed by atoms with Crippen LogP contribution in [0, 0.1) is 5.41 Å². The molecule has 0 radical (unpaired) electrons. The maximum absolute atomic E-state index is 11.0. The Bertz CT molecular complexity index is 331. The van der Waals surface area contributed by atoms with E-state index in [4.69, 9.17) is 10.8 Å². The molecule has 4 nitrogen and oxygen atoms in total. The third-order valence-electron chi connectivity index (χ3n) is 2.15. The van der Waals surface area contributed by atoms with Gasteiger partial charge in [0.1, 0.15) is 5.41 Å². The fourth-order valence-corrected chi connectivity index (χ4v) is 1.74. The molecule has 1 aromatic heterocycles. The number of hydrogen-bond acceptors (Lipinski definition) is 3. The van der Waals surface area contributed by atoms with Gasteiger partial charge in [0.15, 0.2) is 0 Å². The highest BCUT2D eigenvalue weighted by Crippen LogP contribution is 2.23. The third-order valence-corrected chi connectivity index (χ3v) is 2.89. The lowest BCUT2D eigenvalue weighted by atomic mass is 9.84. The lowest BCUT2D eigenvalue weighted by molar-refractivity contribution is -0.153. The van der Waals surface area contributed by atoms with Crippen LogP contribution in [-0.2, 0) is 16.0 Å². The van der Waals surface area contributed by atoms with Gasteiger partial charge in [-0.15, -0.1) is 0 Å². The molecule has 0 aliphatic rings. The van der Waals surface area contributed by atoms with E-state index in [1.807, 2.05) is 10.8 Å². The second-order valence-corrected chi connectivity index (χ2v) is 4.09. The highest BCUT2D eigenvalue weighted by molar-refractivity contribution is 7.07. The summed E-state index contributed by atoms with van der Waals surface area (Å²) in [4.78, 5) is 21.9. The molecule has 0 spiro atoms. The molecular weight excluding hydrogens is 202 g/mol. The van der Waals surface area contributed by atoms with Gasteiger partial charge in [0.2, 0.25) is 5.91 Å². The first kappa shape index (κ1) is 10.7. The highest BCUT2D eigenvalue weighted by atomic mass is 32.1. The lowest BCUT2D eigenvalue weighted by Crippen LogP contribution is -2.43. The largest absolute Gasteiger partial charge is 0.480 e. The summed E-state index contributed by atoms with van der Waals surface area (Å²) in [6.07, 6.45) is 0.140. The van der Waals surface area contributed by atoms with E-state index >= 15 is 0 Å². The van der Waals surface area contributed by atoms with Crippen LogP contribution in [-0.4, -0.2) is 17.0 Å². The minimum Gasteiger partial charge on any atom is -0.480 e. The van der Waals surface area contributed by atoms with Gasteiger partial charge in [-0.1, -0.05) is 0 Å². The van der Waals surface area contributed by atoms with Crippen molar-refractivity contribution in [3.05, 3.63) is 22.4 Å². The van der Waals surface area contributed by atoms with E-state index < -0.39 is 17.3 Å². The predicted molar refractivity (Wildman–Crippen MR) is 53.0 cm³/mol. The Kier molecular flexibility index (Phi) is 2.90. The molecule has 0 aliphatic heterocycles. The fraction of sp³-hybridized carbons (Fsp3) is 0.333. The van der Waals surface area contributed by atoms with Crippen molar-refractivity contribution in [3.8, 4) is 0 Å². The molecule has 0 saturated carbocycles. The number of aliphatic carboxylic acids is 1. The summed E-state index contributed by atoms with van der Waals surface area (Å²) in [5.41, 5.74) is 4.38. The molecule has 5 heteroatoms. The standard InChI is InChI=1S/C9H11NO3S/c1-9(7(10)11,8(12)13)4-6-2-3-14-5-6/h2-3,5H,4H2,1H3,(H2,10,11)(H,12,13). The van der Waals surface area contributed by atoms with Crippen molar-refractivity contribution in [1.82, 2.24) is 0 Å². The molecule has 14 heavy (non-hydrogen) atoms. The van der Waals surface area contributed by atoms with Crippen molar-refractivity contribution in [2.75, 3.05) is 0 Å². The molecule has 0 aliphatic carbocycles. The van der Waals surface area contributed by atoms with Crippen LogP contribution in [0.25, 0.3) is 0 Å². The van der Waals surface area contributed by atoms with Gasteiger partial charge in [-0.05, 0) is 35.7 Å². The molecule has 1 rings (SSSR count). The summed E-state index contributed by atoms with van der Waals surface area (Å²) >= 11 is 1.46. The second kappa shape index (κ2) is 3.79. The van der Waals surface area contributed by atoms with Crippen LogP contribution in [0.3, 0.4) is 0 Å². The molecule has 1 heterocycles. The first-order valence-electron chi connectivity index (χ1n) is 4.01. The average Bonchev–Trinajstić information content (AvgIpc) is 2.55. The number of amides is 1. The number of carbonyl (C=O) groups excluding carboxylic acids is 1. The van der Waals surface area contributed by atoms with Crippen LogP contribution in [0.5, 0.6) is 0 Å². The predicted octanol–water partition coefficient (Wildman–Crippen LogP) is 0.867. The quantitative estimate of drug-likeness (QED) is 0.728. The summed E-state index contributed by atoms with van der Waals surface area (Å²) < 4.78 is 0. The number of nitrogens with two attached hydrogens (primary N) is 1. The van der Waals surface area contributed by atoms with E-state index in [0.29, 0.717) is 0 Å². The van der Waals surface area contributed by atoms with Gasteiger partial charge in [0.25, 0.3) is 0 Å². The van der Waals surface area contributed by atoms with E-state index in [0.717, 1.165) is 5.56 Å². The lowest BCUT2D eigenvalue weighted by Gasteiger charge is -2.19. The highest BCUT2D eigenvalue weighted by Gasteiger charge is 2.39. The maximum atomic E-state index is 11.0. The molecule has 0 saturated heterocycles. The van der Waals surface area contributed by atoms with Crippen molar-refractivity contribution >= 4 is 23.2 Å². The van der Waals surface area contributed by atoms with E-state index in [-0.39, 0.29) is 6.42 Å². The number of hydrogen-bond donors (Lipinski definition) is 2. The van der Waals surface area contributed by atoms with Crippen molar-refractivity contribution in [2.45, 2.75) is 13.3 Å². The van der Waals surface area contributed by atoms with E-state index in [1.54, 1.807) is 6.07 Å². The Labute approximate surface area is 85.4 Å². The van der Waals surface area contributed by atoms with Gasteiger partial charge in [0, 0.05) is 0 Å². The third kappa shape index (κ3) is 1.93. The van der Waals surface area contributed by atoms with Crippen LogP contribution >= 0.6 is 11.3 Å². The smallest absolute Gasteiger partial charge is 0.319 e. The van der Waals surface area contributed by atoms with Gasteiger partial charge in [-0.25, -0.2) is 0 Å². The SMILES string of the molecule is CC(Cc1ccsc1)(C(N)=O)C(=O)O. The average molecular weight is 213 g/mol. The summed E-state index contributed by atoms with van der Waals surface area (Å²) in [6.45, 7) is 1.34. The summed E-state index contributed by atoms with van der Waals surface area (Å²) in [5.74, 6) is -1.99. The number of carbonyl (C=O) groups is 2. The number of carboxylic acid groups (broad SMARTS) is 1. The Hall–Kier alpha value is -1.36. The Balaban J connectivity index is 2.91. The van der Waals surface area contributed by atoms with Crippen LogP contribution in [0.1, 0.15) is 12.5 Å². The molecular formula is C9H11NO3S. The minimum atomic E-state index is -1.51. The maximum Gasteiger partial charge on any atom is 0.319 e. The van der Waals surface area contributed by atoms with Crippen LogP contribution in [0.2, 0.25) is 0 Å². The van der Waals surface area contributed by atoms with Crippen molar-refractivity contribution in [2.24, 2.45) is 11.1 Å². The van der Waals surface area contributed by atoms with Gasteiger partial charge in [0.05, 0.1) is 0 Å². The minimum absolute atomic E-state index is 0.140. The molecule has 3 N–H and O–H groups in total. The van der Waals surface area contributed by atoms with Gasteiger partial charge in [-0.2, -0.15) is 11.3 Å². The molecule has 0 bridgehead atoms. The first-order valence-corrected chi connectivity index (χ1v) is 4.95. The molecule has 0 aromatic carbocycles. The molecule has 76 valence electrons.